The van der Waals surface area contributed by atoms with Crippen molar-refractivity contribution >= 4 is 15.9 Å². The van der Waals surface area contributed by atoms with Crippen LogP contribution in [0.15, 0.2) is 35.2 Å². The monoisotopic (exact) mass is 351 g/mol. The second-order valence-corrected chi connectivity index (χ2v) is 6.01. The fraction of sp³-hybridized carbons (Fsp3) is 0.438. The Hall–Kier alpha value is -1.33. The molecular weight excluding hydrogens is 330 g/mol. The fourth-order valence-corrected chi connectivity index (χ4v) is 2.84. The standard InChI is InChI=1S/C16H22BrN3O/c1-4-7-19-14(15-10-18-11-20(15)2)9-12-8-13(17)5-6-16(12)21-3/h5-6,8,10-11,14,19H,4,7,9H2,1-3H3. The van der Waals surface area contributed by atoms with E-state index >= 15 is 0 Å². The third kappa shape index (κ3) is 4.08. The number of methoxy groups -OCH3 is 1. The van der Waals surface area contributed by atoms with E-state index in [0.29, 0.717) is 0 Å². The summed E-state index contributed by atoms with van der Waals surface area (Å²) >= 11 is 3.54. The smallest absolute Gasteiger partial charge is 0.122 e. The molecule has 0 saturated carbocycles. The second kappa shape index (κ2) is 7.61. The van der Waals surface area contributed by atoms with E-state index in [1.165, 1.54) is 11.3 Å². The molecule has 0 amide bonds. The Balaban J connectivity index is 2.26. The van der Waals surface area contributed by atoms with Crippen molar-refractivity contribution in [3.8, 4) is 5.75 Å². The number of nitrogens with zero attached hydrogens (tertiary/aromatic N) is 2. The van der Waals surface area contributed by atoms with Gasteiger partial charge in [0.05, 0.1) is 25.2 Å². The van der Waals surface area contributed by atoms with E-state index in [1.54, 1.807) is 7.11 Å². The third-order valence-corrected chi connectivity index (χ3v) is 4.01. The van der Waals surface area contributed by atoms with Crippen LogP contribution in [0.25, 0.3) is 0 Å². The predicted molar refractivity (Wildman–Crippen MR) is 88.6 cm³/mol. The van der Waals surface area contributed by atoms with Gasteiger partial charge in [0.2, 0.25) is 0 Å². The largest absolute Gasteiger partial charge is 0.496 e. The van der Waals surface area contributed by atoms with E-state index < -0.39 is 0 Å². The number of imidazole rings is 1. The number of nitrogens with one attached hydrogen (secondary N) is 1. The summed E-state index contributed by atoms with van der Waals surface area (Å²) < 4.78 is 8.62. The van der Waals surface area contributed by atoms with Crippen molar-refractivity contribution in [1.29, 1.82) is 0 Å². The van der Waals surface area contributed by atoms with Crippen LogP contribution < -0.4 is 10.1 Å². The summed E-state index contributed by atoms with van der Waals surface area (Å²) in [6.45, 7) is 3.15. The number of halogens is 1. The molecule has 0 aliphatic heterocycles. The normalized spacial score (nSPS) is 12.4. The van der Waals surface area contributed by atoms with Gasteiger partial charge in [-0.25, -0.2) is 4.98 Å². The van der Waals surface area contributed by atoms with Gasteiger partial charge in [-0.05, 0) is 43.1 Å². The maximum atomic E-state index is 5.48. The van der Waals surface area contributed by atoms with E-state index in [4.69, 9.17) is 4.74 Å². The lowest BCUT2D eigenvalue weighted by Crippen LogP contribution is -2.26. The first-order chi connectivity index (χ1) is 10.2. The molecule has 4 nitrogen and oxygen atoms in total. The molecule has 5 heteroatoms. The third-order valence-electron chi connectivity index (χ3n) is 3.52. The number of hydrogen-bond donors (Lipinski definition) is 1. The molecule has 0 aliphatic rings. The Bertz CT molecular complexity index is 583. The van der Waals surface area contributed by atoms with Gasteiger partial charge < -0.3 is 14.6 Å². The Morgan fingerprint density at radius 1 is 1.43 bits per heavy atom. The minimum absolute atomic E-state index is 0.223. The minimum Gasteiger partial charge on any atom is -0.496 e. The average Bonchev–Trinajstić information content (AvgIpc) is 2.90. The SMILES string of the molecule is CCCNC(Cc1cc(Br)ccc1OC)c1cncn1C. The number of ether oxygens (including phenoxy) is 1. The minimum atomic E-state index is 0.223. The van der Waals surface area contributed by atoms with E-state index in [9.17, 15) is 0 Å². The molecule has 0 fully saturated rings. The number of aryl methyl sites for hydroxylation is 1. The highest BCUT2D eigenvalue weighted by molar-refractivity contribution is 9.10. The quantitative estimate of drug-likeness (QED) is 0.829. The number of aromatic nitrogens is 2. The van der Waals surface area contributed by atoms with Crippen molar-refractivity contribution in [2.75, 3.05) is 13.7 Å². The zero-order chi connectivity index (χ0) is 15.2. The molecule has 1 aromatic heterocycles. The van der Waals surface area contributed by atoms with Gasteiger partial charge in [0.25, 0.3) is 0 Å². The lowest BCUT2D eigenvalue weighted by atomic mass is 10.0. The van der Waals surface area contributed by atoms with Gasteiger partial charge in [-0.15, -0.1) is 0 Å². The zero-order valence-corrected chi connectivity index (χ0v) is 14.4. The summed E-state index contributed by atoms with van der Waals surface area (Å²) in [7, 11) is 3.74. The molecule has 21 heavy (non-hydrogen) atoms. The first kappa shape index (κ1) is 16.0. The lowest BCUT2D eigenvalue weighted by molar-refractivity contribution is 0.404. The molecule has 1 aromatic carbocycles. The molecule has 2 rings (SSSR count). The van der Waals surface area contributed by atoms with E-state index in [1.807, 2.05) is 31.7 Å². The molecule has 0 aliphatic carbocycles. The Labute approximate surface area is 134 Å². The second-order valence-electron chi connectivity index (χ2n) is 5.10. The van der Waals surface area contributed by atoms with Gasteiger partial charge in [-0.2, -0.15) is 0 Å². The maximum absolute atomic E-state index is 5.48. The van der Waals surface area contributed by atoms with Gasteiger partial charge in [-0.3, -0.25) is 0 Å². The van der Waals surface area contributed by atoms with Crippen LogP contribution in [0.2, 0.25) is 0 Å². The van der Waals surface area contributed by atoms with Crippen LogP contribution in [0.3, 0.4) is 0 Å². The van der Waals surface area contributed by atoms with Crippen molar-refractivity contribution < 1.29 is 4.74 Å². The number of rotatable bonds is 7. The number of hydrogen-bond acceptors (Lipinski definition) is 3. The highest BCUT2D eigenvalue weighted by Crippen LogP contribution is 2.27. The Morgan fingerprint density at radius 3 is 2.86 bits per heavy atom. The predicted octanol–water partition coefficient (Wildman–Crippen LogP) is 3.47. The fourth-order valence-electron chi connectivity index (χ4n) is 2.43. The highest BCUT2D eigenvalue weighted by Gasteiger charge is 2.17. The number of benzene rings is 1. The van der Waals surface area contributed by atoms with Gasteiger partial charge in [0.1, 0.15) is 5.75 Å². The van der Waals surface area contributed by atoms with Crippen LogP contribution in [0.5, 0.6) is 5.75 Å². The van der Waals surface area contributed by atoms with E-state index in [0.717, 1.165) is 29.6 Å². The molecule has 1 atom stereocenters. The molecule has 0 spiro atoms. The summed E-state index contributed by atoms with van der Waals surface area (Å²) in [5.41, 5.74) is 2.37. The van der Waals surface area contributed by atoms with Gasteiger partial charge in [0.15, 0.2) is 0 Å². The molecule has 2 aromatic rings. The molecule has 1 N–H and O–H groups in total. The van der Waals surface area contributed by atoms with Crippen molar-refractivity contribution in [2.24, 2.45) is 7.05 Å². The molecule has 0 bridgehead atoms. The van der Waals surface area contributed by atoms with Crippen LogP contribution >= 0.6 is 15.9 Å². The van der Waals surface area contributed by atoms with Crippen LogP contribution in [0.4, 0.5) is 0 Å². The van der Waals surface area contributed by atoms with Crippen LogP contribution in [0.1, 0.15) is 30.6 Å². The Morgan fingerprint density at radius 2 is 2.24 bits per heavy atom. The van der Waals surface area contributed by atoms with Crippen LogP contribution in [-0.2, 0) is 13.5 Å². The highest BCUT2D eigenvalue weighted by atomic mass is 79.9. The van der Waals surface area contributed by atoms with Crippen molar-refractivity contribution in [1.82, 2.24) is 14.9 Å². The maximum Gasteiger partial charge on any atom is 0.122 e. The molecule has 1 unspecified atom stereocenters. The molecule has 0 radical (unpaired) electrons. The first-order valence-corrected chi connectivity index (χ1v) is 7.97. The summed E-state index contributed by atoms with van der Waals surface area (Å²) in [5, 5.41) is 3.60. The van der Waals surface area contributed by atoms with Gasteiger partial charge in [-0.1, -0.05) is 22.9 Å². The van der Waals surface area contributed by atoms with Gasteiger partial charge >= 0.3 is 0 Å². The van der Waals surface area contributed by atoms with Crippen molar-refractivity contribution in [2.45, 2.75) is 25.8 Å². The van der Waals surface area contributed by atoms with Crippen LogP contribution in [0, 0.1) is 0 Å². The van der Waals surface area contributed by atoms with Crippen molar-refractivity contribution in [3.05, 3.63) is 46.5 Å². The van der Waals surface area contributed by atoms with Crippen LogP contribution in [-0.4, -0.2) is 23.2 Å². The molecule has 1 heterocycles. The lowest BCUT2D eigenvalue weighted by Gasteiger charge is -2.20. The Kier molecular flexibility index (Phi) is 5.82. The topological polar surface area (TPSA) is 39.1 Å². The van der Waals surface area contributed by atoms with E-state index in [2.05, 4.69) is 43.8 Å². The zero-order valence-electron chi connectivity index (χ0n) is 12.8. The summed E-state index contributed by atoms with van der Waals surface area (Å²) in [6.07, 6.45) is 5.73. The van der Waals surface area contributed by atoms with E-state index in [-0.39, 0.29) is 6.04 Å². The molecule has 114 valence electrons. The summed E-state index contributed by atoms with van der Waals surface area (Å²) in [5.74, 6) is 0.920. The average molecular weight is 352 g/mol. The first-order valence-electron chi connectivity index (χ1n) is 7.17. The van der Waals surface area contributed by atoms with Crippen molar-refractivity contribution in [3.63, 3.8) is 0 Å². The molecular formula is C16H22BrN3O. The summed E-state index contributed by atoms with van der Waals surface area (Å²) in [6, 6.07) is 6.34. The van der Waals surface area contributed by atoms with Gasteiger partial charge in [0, 0.05) is 17.7 Å². The molecule has 0 saturated heterocycles. The summed E-state index contributed by atoms with van der Waals surface area (Å²) in [4.78, 5) is 4.23.